The fraction of sp³-hybridized carbons (Fsp3) is 0.611. The Kier molecular flexibility index (Phi) is 6.79. The predicted octanol–water partition coefficient (Wildman–Crippen LogP) is 1.65. The van der Waals surface area contributed by atoms with Crippen molar-refractivity contribution in [2.75, 3.05) is 19.6 Å². The van der Waals surface area contributed by atoms with Crippen LogP contribution in [-0.2, 0) is 10.0 Å². The number of nitrogens with one attached hydrogen (secondary N) is 1. The Morgan fingerprint density at radius 2 is 1.93 bits per heavy atom. The van der Waals surface area contributed by atoms with Gasteiger partial charge >= 0.3 is 0 Å². The highest BCUT2D eigenvalue weighted by Crippen LogP contribution is 2.26. The number of nitrogens with two attached hydrogens (primary N) is 1. The number of piperidine rings is 1. The van der Waals surface area contributed by atoms with Gasteiger partial charge in [-0.2, -0.15) is 0 Å². The Bertz CT molecular complexity index is 861. The quantitative estimate of drug-likeness (QED) is 0.538. The number of nitro benzene ring substituents is 1. The second-order valence-electron chi connectivity index (χ2n) is 7.96. The van der Waals surface area contributed by atoms with E-state index < -0.39 is 31.4 Å². The van der Waals surface area contributed by atoms with E-state index in [1.807, 2.05) is 6.92 Å². The zero-order valence-electron chi connectivity index (χ0n) is 16.6. The number of primary sulfonamides is 1. The van der Waals surface area contributed by atoms with E-state index >= 15 is 0 Å². The molecule has 0 aromatic heterocycles. The third-order valence-corrected chi connectivity index (χ3v) is 5.87. The number of amides is 1. The fourth-order valence-corrected chi connectivity index (χ4v) is 4.50. The number of rotatable bonds is 6. The molecule has 1 aromatic carbocycles. The molecule has 0 spiro atoms. The van der Waals surface area contributed by atoms with Crippen molar-refractivity contribution in [3.8, 4) is 0 Å². The van der Waals surface area contributed by atoms with Crippen molar-refractivity contribution in [2.24, 2.45) is 17.0 Å². The van der Waals surface area contributed by atoms with Crippen LogP contribution in [0, 0.1) is 28.9 Å². The van der Waals surface area contributed by atoms with Crippen molar-refractivity contribution < 1.29 is 18.1 Å². The number of carbonyl (C=O) groups is 1. The summed E-state index contributed by atoms with van der Waals surface area (Å²) >= 11 is 0. The largest absolute Gasteiger partial charge is 0.348 e. The maximum absolute atomic E-state index is 12.7. The lowest BCUT2D eigenvalue weighted by Gasteiger charge is -2.36. The molecule has 1 saturated heterocycles. The van der Waals surface area contributed by atoms with Crippen LogP contribution in [0.25, 0.3) is 0 Å². The van der Waals surface area contributed by atoms with Crippen LogP contribution in [0.5, 0.6) is 0 Å². The van der Waals surface area contributed by atoms with E-state index in [9.17, 15) is 23.3 Å². The maximum atomic E-state index is 12.7. The SMILES string of the molecule is Cc1c(C(=O)NC(C)CN2CC(C)CC(C)C2)cc(S(N)(=O)=O)cc1[N+](=O)[O-]. The molecule has 0 bridgehead atoms. The minimum Gasteiger partial charge on any atom is -0.348 e. The number of sulfonamides is 1. The summed E-state index contributed by atoms with van der Waals surface area (Å²) in [5.74, 6) is 0.614. The van der Waals surface area contributed by atoms with Gasteiger partial charge < -0.3 is 10.2 Å². The van der Waals surface area contributed by atoms with Crippen molar-refractivity contribution in [3.63, 3.8) is 0 Å². The Morgan fingerprint density at radius 1 is 1.36 bits per heavy atom. The number of nitro groups is 1. The summed E-state index contributed by atoms with van der Waals surface area (Å²) in [6, 6.07) is 1.76. The Balaban J connectivity index is 2.21. The molecule has 3 N–H and O–H groups in total. The van der Waals surface area contributed by atoms with Gasteiger partial charge in [-0.25, -0.2) is 13.6 Å². The lowest BCUT2D eigenvalue weighted by molar-refractivity contribution is -0.385. The van der Waals surface area contributed by atoms with Crippen molar-refractivity contribution in [3.05, 3.63) is 33.4 Å². The number of carbonyl (C=O) groups excluding carboxylic acids is 1. The van der Waals surface area contributed by atoms with Gasteiger partial charge in [-0.3, -0.25) is 14.9 Å². The monoisotopic (exact) mass is 412 g/mol. The van der Waals surface area contributed by atoms with Gasteiger partial charge in [0.15, 0.2) is 0 Å². The molecular weight excluding hydrogens is 384 g/mol. The zero-order chi connectivity index (χ0) is 21.2. The van der Waals surface area contributed by atoms with Crippen LogP contribution < -0.4 is 10.5 Å². The van der Waals surface area contributed by atoms with Crippen LogP contribution in [0.3, 0.4) is 0 Å². The lowest BCUT2D eigenvalue weighted by Crippen LogP contribution is -2.47. The van der Waals surface area contributed by atoms with E-state index in [0.717, 1.165) is 25.2 Å². The van der Waals surface area contributed by atoms with E-state index in [1.165, 1.54) is 13.3 Å². The van der Waals surface area contributed by atoms with Crippen LogP contribution >= 0.6 is 0 Å². The van der Waals surface area contributed by atoms with Crippen LogP contribution in [0.4, 0.5) is 5.69 Å². The van der Waals surface area contributed by atoms with Gasteiger partial charge in [-0.1, -0.05) is 13.8 Å². The summed E-state index contributed by atoms with van der Waals surface area (Å²) in [5, 5.41) is 19.2. The van der Waals surface area contributed by atoms with Crippen molar-refractivity contribution in [1.29, 1.82) is 0 Å². The molecule has 9 nitrogen and oxygen atoms in total. The average molecular weight is 413 g/mol. The van der Waals surface area contributed by atoms with Crippen LogP contribution in [0.2, 0.25) is 0 Å². The maximum Gasteiger partial charge on any atom is 0.274 e. The summed E-state index contributed by atoms with van der Waals surface area (Å²) in [7, 11) is -4.19. The Hall–Kier alpha value is -2.04. The summed E-state index contributed by atoms with van der Waals surface area (Å²) in [6.45, 7) is 10.2. The molecule has 1 heterocycles. The van der Waals surface area contributed by atoms with E-state index in [1.54, 1.807) is 0 Å². The Morgan fingerprint density at radius 3 is 2.43 bits per heavy atom. The van der Waals surface area contributed by atoms with Gasteiger partial charge in [0.1, 0.15) is 0 Å². The molecule has 1 amide bonds. The van der Waals surface area contributed by atoms with E-state index in [-0.39, 0.29) is 17.2 Å². The molecule has 1 aliphatic heterocycles. The number of hydrogen-bond acceptors (Lipinski definition) is 6. The van der Waals surface area contributed by atoms with Gasteiger partial charge in [0, 0.05) is 37.3 Å². The molecule has 28 heavy (non-hydrogen) atoms. The van der Waals surface area contributed by atoms with Gasteiger partial charge in [-0.05, 0) is 38.2 Å². The Labute approximate surface area is 165 Å². The molecule has 0 saturated carbocycles. The van der Waals surface area contributed by atoms with Gasteiger partial charge in [0.2, 0.25) is 10.0 Å². The predicted molar refractivity (Wildman–Crippen MR) is 106 cm³/mol. The first-order chi connectivity index (χ1) is 12.9. The first kappa shape index (κ1) is 22.3. The number of nitrogens with zero attached hydrogens (tertiary/aromatic N) is 2. The second kappa shape index (κ2) is 8.54. The van der Waals surface area contributed by atoms with E-state index in [2.05, 4.69) is 24.1 Å². The molecule has 1 aromatic rings. The molecule has 10 heteroatoms. The molecule has 0 radical (unpaired) electrons. The molecular formula is C18H28N4O5S. The molecule has 156 valence electrons. The second-order valence-corrected chi connectivity index (χ2v) is 9.52. The van der Waals surface area contributed by atoms with Gasteiger partial charge in [0.05, 0.1) is 15.4 Å². The smallest absolute Gasteiger partial charge is 0.274 e. The summed E-state index contributed by atoms with van der Waals surface area (Å²) < 4.78 is 23.3. The molecule has 3 atom stereocenters. The molecule has 0 aliphatic carbocycles. The summed E-state index contributed by atoms with van der Waals surface area (Å²) in [5.41, 5.74) is -0.421. The van der Waals surface area contributed by atoms with E-state index in [0.29, 0.717) is 18.4 Å². The van der Waals surface area contributed by atoms with Crippen LogP contribution in [0.15, 0.2) is 17.0 Å². The fourth-order valence-electron chi connectivity index (χ4n) is 3.94. The first-order valence-electron chi connectivity index (χ1n) is 9.23. The van der Waals surface area contributed by atoms with E-state index in [4.69, 9.17) is 5.14 Å². The van der Waals surface area contributed by atoms with Crippen LogP contribution in [-0.4, -0.2) is 49.8 Å². The lowest BCUT2D eigenvalue weighted by atomic mass is 9.91. The van der Waals surface area contributed by atoms with Gasteiger partial charge in [0.25, 0.3) is 11.6 Å². The number of benzene rings is 1. The minimum atomic E-state index is -4.19. The highest BCUT2D eigenvalue weighted by molar-refractivity contribution is 7.89. The summed E-state index contributed by atoms with van der Waals surface area (Å²) in [6.07, 6.45) is 1.18. The highest BCUT2D eigenvalue weighted by Gasteiger charge is 2.26. The molecule has 1 aliphatic rings. The number of likely N-dealkylation sites (tertiary alicyclic amines) is 1. The standard InChI is InChI=1S/C18H28N4O5S/c1-11-5-12(2)9-21(8-11)10-13(3)20-18(23)16-6-15(28(19,26)27)7-17(14(16)4)22(24)25/h6-7,11-13H,5,8-10H2,1-4H3,(H,20,23)(H2,19,26,27). The highest BCUT2D eigenvalue weighted by atomic mass is 32.2. The van der Waals surface area contributed by atoms with Crippen LogP contribution in [0.1, 0.15) is 43.1 Å². The van der Waals surface area contributed by atoms with Gasteiger partial charge in [-0.15, -0.1) is 0 Å². The van der Waals surface area contributed by atoms with Crippen molar-refractivity contribution in [2.45, 2.75) is 45.1 Å². The van der Waals surface area contributed by atoms with Crippen molar-refractivity contribution >= 4 is 21.6 Å². The number of hydrogen-bond donors (Lipinski definition) is 2. The van der Waals surface area contributed by atoms with Crippen molar-refractivity contribution in [1.82, 2.24) is 10.2 Å². The first-order valence-corrected chi connectivity index (χ1v) is 10.8. The third-order valence-electron chi connectivity index (χ3n) is 4.98. The minimum absolute atomic E-state index is 0.0644. The molecule has 3 unspecified atom stereocenters. The normalized spacial score (nSPS) is 21.9. The zero-order valence-corrected chi connectivity index (χ0v) is 17.5. The molecule has 1 fully saturated rings. The third kappa shape index (κ3) is 5.49. The molecule has 2 rings (SSSR count). The average Bonchev–Trinajstić information content (AvgIpc) is 2.52. The summed E-state index contributed by atoms with van der Waals surface area (Å²) in [4.78, 5) is 25.1. The topological polar surface area (TPSA) is 136 Å².